The number of rotatable bonds is 4. The Hall–Kier alpha value is -1.67. The number of carbonyl (C=O) groups excluding carboxylic acids is 1. The zero-order valence-electron chi connectivity index (χ0n) is 18.8. The first-order valence-corrected chi connectivity index (χ1v) is 12.0. The smallest absolute Gasteiger partial charge is 0.381 e. The molecule has 1 saturated carbocycles. The number of halogens is 3. The monoisotopic (exact) mass is 453 g/mol. The lowest BCUT2D eigenvalue weighted by atomic mass is 9.83. The summed E-state index contributed by atoms with van der Waals surface area (Å²) in [5.41, 5.74) is 0.454. The normalized spacial score (nSPS) is 29.3. The van der Waals surface area contributed by atoms with E-state index in [2.05, 4.69) is 17.2 Å². The summed E-state index contributed by atoms with van der Waals surface area (Å²) in [4.78, 5) is 18.9. The lowest BCUT2D eigenvalue weighted by Gasteiger charge is -2.36. The molecule has 178 valence electrons. The molecule has 1 aliphatic carbocycles. The molecule has 4 rings (SSSR count). The van der Waals surface area contributed by atoms with E-state index in [4.69, 9.17) is 4.74 Å². The molecular weight excluding hydrogens is 419 g/mol. The third kappa shape index (κ3) is 5.45. The summed E-state index contributed by atoms with van der Waals surface area (Å²) in [6.45, 7) is 4.65. The maximum Gasteiger partial charge on any atom is 0.417 e. The molecule has 0 radical (unpaired) electrons. The molecule has 1 N–H and O–H groups in total. The summed E-state index contributed by atoms with van der Waals surface area (Å²) in [7, 11) is 0. The highest BCUT2D eigenvalue weighted by atomic mass is 19.4. The minimum absolute atomic E-state index is 0.0344. The number of amides is 1. The summed E-state index contributed by atoms with van der Waals surface area (Å²) < 4.78 is 44.8. The van der Waals surface area contributed by atoms with E-state index in [0.717, 1.165) is 70.4 Å². The fourth-order valence-corrected chi connectivity index (χ4v) is 5.53. The number of pyridine rings is 1. The first kappa shape index (κ1) is 23.5. The van der Waals surface area contributed by atoms with Crippen LogP contribution in [0.15, 0.2) is 12.3 Å². The fourth-order valence-electron chi connectivity index (χ4n) is 5.53. The largest absolute Gasteiger partial charge is 0.417 e. The maximum absolute atomic E-state index is 13.1. The van der Waals surface area contributed by atoms with Crippen LogP contribution in [0.4, 0.5) is 13.2 Å². The standard InChI is InChI=1S/C24H34F3N3O2/c1-2-16-8-11-32-12-9-22(16)29-20-5-3-17(4-6-20)23(31)30-10-7-21-18(15-30)13-19(14-28-21)24(25,26)27/h13-14,16-17,20,22,29H,2-12,15H2,1H3/t16-,17?,20?,22+/m1/s1. The van der Waals surface area contributed by atoms with Crippen LogP contribution in [0.5, 0.6) is 0 Å². The summed E-state index contributed by atoms with van der Waals surface area (Å²) in [5, 5.41) is 3.85. The molecule has 8 heteroatoms. The van der Waals surface area contributed by atoms with E-state index in [1.165, 1.54) is 0 Å². The fraction of sp³-hybridized carbons (Fsp3) is 0.750. The Morgan fingerprint density at radius 2 is 1.94 bits per heavy atom. The number of hydrogen-bond donors (Lipinski definition) is 1. The Morgan fingerprint density at radius 3 is 2.66 bits per heavy atom. The molecule has 1 saturated heterocycles. The number of fused-ring (bicyclic) bond motifs is 1. The molecule has 0 unspecified atom stereocenters. The first-order chi connectivity index (χ1) is 15.3. The van der Waals surface area contributed by atoms with E-state index in [1.54, 1.807) is 4.90 Å². The molecule has 0 aromatic carbocycles. The molecule has 5 nitrogen and oxygen atoms in total. The Bertz CT molecular complexity index is 793. The number of aromatic nitrogens is 1. The van der Waals surface area contributed by atoms with Gasteiger partial charge in [0.2, 0.25) is 5.91 Å². The number of nitrogens with one attached hydrogen (secondary N) is 1. The van der Waals surface area contributed by atoms with Crippen LogP contribution in [0.1, 0.15) is 68.7 Å². The van der Waals surface area contributed by atoms with Gasteiger partial charge in [-0.25, -0.2) is 0 Å². The molecular formula is C24H34F3N3O2. The lowest BCUT2D eigenvalue weighted by Crippen LogP contribution is -2.46. The number of carbonyl (C=O) groups is 1. The number of ether oxygens (including phenoxy) is 1. The van der Waals surface area contributed by atoms with Crippen molar-refractivity contribution < 1.29 is 22.7 Å². The van der Waals surface area contributed by atoms with Crippen LogP contribution in [0.3, 0.4) is 0 Å². The molecule has 3 aliphatic rings. The van der Waals surface area contributed by atoms with Gasteiger partial charge in [0.25, 0.3) is 0 Å². The Kier molecular flexibility index (Phi) is 7.40. The Morgan fingerprint density at radius 1 is 1.19 bits per heavy atom. The molecule has 1 amide bonds. The van der Waals surface area contributed by atoms with Gasteiger partial charge >= 0.3 is 6.18 Å². The van der Waals surface area contributed by atoms with Crippen LogP contribution >= 0.6 is 0 Å². The van der Waals surface area contributed by atoms with E-state index in [9.17, 15) is 18.0 Å². The minimum Gasteiger partial charge on any atom is -0.381 e. The highest BCUT2D eigenvalue weighted by Crippen LogP contribution is 2.33. The molecule has 2 atom stereocenters. The van der Waals surface area contributed by atoms with Crippen molar-refractivity contribution in [2.45, 2.75) is 83.1 Å². The Labute approximate surface area is 188 Å². The van der Waals surface area contributed by atoms with E-state index in [-0.39, 0.29) is 18.4 Å². The molecule has 1 aromatic rings. The van der Waals surface area contributed by atoms with Gasteiger partial charge in [-0.2, -0.15) is 13.2 Å². The van der Waals surface area contributed by atoms with Gasteiger partial charge in [-0.05, 0) is 56.1 Å². The van der Waals surface area contributed by atoms with Crippen molar-refractivity contribution in [2.75, 3.05) is 19.8 Å². The summed E-state index contributed by atoms with van der Waals surface area (Å²) >= 11 is 0. The predicted octanol–water partition coefficient (Wildman–Crippen LogP) is 4.34. The quantitative estimate of drug-likeness (QED) is 0.737. The van der Waals surface area contributed by atoms with E-state index >= 15 is 0 Å². The number of hydrogen-bond acceptors (Lipinski definition) is 4. The van der Waals surface area contributed by atoms with Crippen LogP contribution in [0.2, 0.25) is 0 Å². The lowest BCUT2D eigenvalue weighted by molar-refractivity contribution is -0.138. The van der Waals surface area contributed by atoms with Gasteiger partial charge in [0.05, 0.1) is 5.56 Å². The van der Waals surface area contributed by atoms with Crippen molar-refractivity contribution in [1.82, 2.24) is 15.2 Å². The molecule has 3 heterocycles. The molecule has 2 aliphatic heterocycles. The van der Waals surface area contributed by atoms with Crippen molar-refractivity contribution in [3.05, 3.63) is 29.1 Å². The summed E-state index contributed by atoms with van der Waals surface area (Å²) in [5.74, 6) is 0.689. The predicted molar refractivity (Wildman–Crippen MR) is 115 cm³/mol. The van der Waals surface area contributed by atoms with Crippen molar-refractivity contribution in [3.63, 3.8) is 0 Å². The third-order valence-corrected chi connectivity index (χ3v) is 7.50. The van der Waals surface area contributed by atoms with Gasteiger partial charge in [-0.3, -0.25) is 9.78 Å². The highest BCUT2D eigenvalue weighted by molar-refractivity contribution is 5.79. The minimum atomic E-state index is -4.42. The maximum atomic E-state index is 13.1. The van der Waals surface area contributed by atoms with Crippen LogP contribution in [-0.2, 0) is 28.7 Å². The van der Waals surface area contributed by atoms with E-state index < -0.39 is 11.7 Å². The van der Waals surface area contributed by atoms with Gasteiger partial charge in [-0.1, -0.05) is 13.3 Å². The molecule has 1 aromatic heterocycles. The zero-order chi connectivity index (χ0) is 22.7. The van der Waals surface area contributed by atoms with Crippen molar-refractivity contribution in [3.8, 4) is 0 Å². The first-order valence-electron chi connectivity index (χ1n) is 12.0. The van der Waals surface area contributed by atoms with E-state index in [0.29, 0.717) is 42.2 Å². The van der Waals surface area contributed by atoms with Gasteiger partial charge in [0.15, 0.2) is 0 Å². The highest BCUT2D eigenvalue weighted by Gasteiger charge is 2.35. The molecule has 0 spiro atoms. The second-order valence-corrected chi connectivity index (χ2v) is 9.52. The van der Waals surface area contributed by atoms with Crippen molar-refractivity contribution in [2.24, 2.45) is 11.8 Å². The summed E-state index contributed by atoms with van der Waals surface area (Å²) in [6.07, 6.45) is 3.88. The third-order valence-electron chi connectivity index (χ3n) is 7.50. The molecule has 32 heavy (non-hydrogen) atoms. The molecule has 0 bridgehead atoms. The topological polar surface area (TPSA) is 54.5 Å². The number of nitrogens with zero attached hydrogens (tertiary/aromatic N) is 2. The van der Waals surface area contributed by atoms with Crippen LogP contribution in [0.25, 0.3) is 0 Å². The van der Waals surface area contributed by atoms with Crippen molar-refractivity contribution in [1.29, 1.82) is 0 Å². The SMILES string of the molecule is CC[C@@H]1CCOCC[C@@H]1NC1CCC(C(=O)N2CCc3ncc(C(F)(F)F)cc3C2)CC1. The second-order valence-electron chi connectivity index (χ2n) is 9.52. The van der Waals surface area contributed by atoms with Gasteiger partial charge in [-0.15, -0.1) is 0 Å². The van der Waals surface area contributed by atoms with Crippen LogP contribution < -0.4 is 5.32 Å². The van der Waals surface area contributed by atoms with Gasteiger partial charge in [0.1, 0.15) is 0 Å². The van der Waals surface area contributed by atoms with Gasteiger partial charge < -0.3 is 15.0 Å². The van der Waals surface area contributed by atoms with Crippen molar-refractivity contribution >= 4 is 5.91 Å². The van der Waals surface area contributed by atoms with Crippen LogP contribution in [0, 0.1) is 11.8 Å². The average Bonchev–Trinajstić information content (AvgIpc) is 3.02. The Balaban J connectivity index is 1.31. The molecule has 2 fully saturated rings. The second kappa shape index (κ2) is 10.1. The number of alkyl halides is 3. The van der Waals surface area contributed by atoms with E-state index in [1.807, 2.05) is 0 Å². The average molecular weight is 454 g/mol. The van der Waals surface area contributed by atoms with Gasteiger partial charge in [0, 0.05) is 62.6 Å². The zero-order valence-corrected chi connectivity index (χ0v) is 18.8. The van der Waals surface area contributed by atoms with Crippen LogP contribution in [-0.4, -0.2) is 47.6 Å². The summed E-state index contributed by atoms with van der Waals surface area (Å²) in [6, 6.07) is 2.06.